The molecule has 6 heteroatoms. The standard InChI is InChI=1S/C15H11F2N3O/c16-10-4-5-13(14(17)7-10)15(21)18-9-11-8-12-3-1-2-6-20(12)19-11/h1-8H,9H2,(H,18,21). The van der Waals surface area contributed by atoms with Gasteiger partial charge in [0.2, 0.25) is 0 Å². The third-order valence-corrected chi connectivity index (χ3v) is 3.03. The normalized spacial score (nSPS) is 10.8. The highest BCUT2D eigenvalue weighted by atomic mass is 19.1. The monoisotopic (exact) mass is 287 g/mol. The third-order valence-electron chi connectivity index (χ3n) is 3.03. The van der Waals surface area contributed by atoms with Crippen molar-refractivity contribution in [1.82, 2.24) is 14.9 Å². The second-order valence-corrected chi connectivity index (χ2v) is 4.51. The summed E-state index contributed by atoms with van der Waals surface area (Å²) < 4.78 is 27.9. The number of nitrogens with one attached hydrogen (secondary N) is 1. The number of pyridine rings is 1. The van der Waals surface area contributed by atoms with Gasteiger partial charge in [-0.1, -0.05) is 6.07 Å². The highest BCUT2D eigenvalue weighted by molar-refractivity contribution is 5.94. The Labute approximate surface area is 119 Å². The Kier molecular flexibility index (Phi) is 3.35. The van der Waals surface area contributed by atoms with E-state index in [9.17, 15) is 13.6 Å². The average Bonchev–Trinajstić information content (AvgIpc) is 2.87. The van der Waals surface area contributed by atoms with E-state index in [1.807, 2.05) is 24.3 Å². The summed E-state index contributed by atoms with van der Waals surface area (Å²) in [6.45, 7) is 0.164. The van der Waals surface area contributed by atoms with Gasteiger partial charge in [-0.2, -0.15) is 5.10 Å². The molecule has 0 aliphatic carbocycles. The van der Waals surface area contributed by atoms with E-state index < -0.39 is 17.5 Å². The molecule has 1 N–H and O–H groups in total. The van der Waals surface area contributed by atoms with E-state index in [0.29, 0.717) is 11.8 Å². The quantitative estimate of drug-likeness (QED) is 0.804. The number of carbonyl (C=O) groups excluding carboxylic acids is 1. The topological polar surface area (TPSA) is 46.4 Å². The van der Waals surface area contributed by atoms with Crippen LogP contribution in [0.5, 0.6) is 0 Å². The van der Waals surface area contributed by atoms with E-state index in [0.717, 1.165) is 17.6 Å². The first-order valence-corrected chi connectivity index (χ1v) is 6.30. The Balaban J connectivity index is 1.73. The fourth-order valence-electron chi connectivity index (χ4n) is 2.02. The maximum absolute atomic E-state index is 13.5. The lowest BCUT2D eigenvalue weighted by Gasteiger charge is -2.04. The molecule has 2 heterocycles. The van der Waals surface area contributed by atoms with Crippen molar-refractivity contribution in [3.63, 3.8) is 0 Å². The van der Waals surface area contributed by atoms with Gasteiger partial charge in [0, 0.05) is 12.3 Å². The lowest BCUT2D eigenvalue weighted by molar-refractivity contribution is 0.0946. The summed E-state index contributed by atoms with van der Waals surface area (Å²) in [5.74, 6) is -2.21. The van der Waals surface area contributed by atoms with E-state index in [4.69, 9.17) is 0 Å². The van der Waals surface area contributed by atoms with Crippen molar-refractivity contribution in [2.75, 3.05) is 0 Å². The molecule has 0 fully saturated rings. The summed E-state index contributed by atoms with van der Waals surface area (Å²) in [7, 11) is 0. The molecule has 0 atom stereocenters. The Morgan fingerprint density at radius 1 is 1.19 bits per heavy atom. The van der Waals surface area contributed by atoms with Crippen molar-refractivity contribution < 1.29 is 13.6 Å². The van der Waals surface area contributed by atoms with Crippen molar-refractivity contribution in [3.8, 4) is 0 Å². The van der Waals surface area contributed by atoms with E-state index in [2.05, 4.69) is 10.4 Å². The first-order chi connectivity index (χ1) is 10.1. The number of nitrogens with zero attached hydrogens (tertiary/aromatic N) is 2. The summed E-state index contributed by atoms with van der Waals surface area (Å²) in [4.78, 5) is 11.9. The van der Waals surface area contributed by atoms with Crippen LogP contribution in [0.3, 0.4) is 0 Å². The van der Waals surface area contributed by atoms with Crippen LogP contribution >= 0.6 is 0 Å². The molecule has 21 heavy (non-hydrogen) atoms. The van der Waals surface area contributed by atoms with Crippen LogP contribution < -0.4 is 5.32 Å². The molecule has 1 amide bonds. The van der Waals surface area contributed by atoms with Crippen LogP contribution in [-0.4, -0.2) is 15.5 Å². The van der Waals surface area contributed by atoms with Gasteiger partial charge in [0.1, 0.15) is 11.6 Å². The van der Waals surface area contributed by atoms with Crippen molar-refractivity contribution >= 4 is 11.4 Å². The summed E-state index contributed by atoms with van der Waals surface area (Å²) in [5, 5.41) is 6.82. The molecule has 4 nitrogen and oxygen atoms in total. The van der Waals surface area contributed by atoms with Crippen LogP contribution in [0.2, 0.25) is 0 Å². The second-order valence-electron chi connectivity index (χ2n) is 4.51. The molecule has 0 unspecified atom stereocenters. The maximum Gasteiger partial charge on any atom is 0.254 e. The summed E-state index contributed by atoms with van der Waals surface area (Å²) in [5.41, 5.74) is 1.35. The summed E-state index contributed by atoms with van der Waals surface area (Å²) in [6.07, 6.45) is 1.79. The predicted octanol–water partition coefficient (Wildman–Crippen LogP) is 2.54. The lowest BCUT2D eigenvalue weighted by atomic mass is 10.2. The Hall–Kier alpha value is -2.76. The van der Waals surface area contributed by atoms with Crippen LogP contribution in [0.25, 0.3) is 5.52 Å². The highest BCUT2D eigenvalue weighted by Gasteiger charge is 2.12. The molecule has 0 aliphatic heterocycles. The first-order valence-electron chi connectivity index (χ1n) is 6.30. The number of carbonyl (C=O) groups is 1. The molecule has 1 aromatic carbocycles. The Morgan fingerprint density at radius 3 is 2.81 bits per heavy atom. The summed E-state index contributed by atoms with van der Waals surface area (Å²) >= 11 is 0. The van der Waals surface area contributed by atoms with E-state index in [-0.39, 0.29) is 12.1 Å². The smallest absolute Gasteiger partial charge is 0.254 e. The van der Waals surface area contributed by atoms with Gasteiger partial charge in [0.25, 0.3) is 5.91 Å². The first kappa shape index (κ1) is 13.2. The van der Waals surface area contributed by atoms with Gasteiger partial charge < -0.3 is 5.32 Å². The van der Waals surface area contributed by atoms with Crippen molar-refractivity contribution in [2.24, 2.45) is 0 Å². The van der Waals surface area contributed by atoms with Crippen LogP contribution in [0.15, 0.2) is 48.7 Å². The van der Waals surface area contributed by atoms with Crippen molar-refractivity contribution in [3.05, 3.63) is 71.6 Å². The van der Waals surface area contributed by atoms with E-state index in [1.54, 1.807) is 10.7 Å². The zero-order valence-corrected chi connectivity index (χ0v) is 10.9. The van der Waals surface area contributed by atoms with Crippen LogP contribution in [0.1, 0.15) is 16.1 Å². The lowest BCUT2D eigenvalue weighted by Crippen LogP contribution is -2.24. The van der Waals surface area contributed by atoms with Crippen LogP contribution in [-0.2, 0) is 6.54 Å². The van der Waals surface area contributed by atoms with Gasteiger partial charge in [-0.3, -0.25) is 4.79 Å². The molecule has 0 saturated heterocycles. The minimum atomic E-state index is -0.887. The van der Waals surface area contributed by atoms with Crippen molar-refractivity contribution in [2.45, 2.75) is 6.54 Å². The maximum atomic E-state index is 13.5. The van der Waals surface area contributed by atoms with Gasteiger partial charge in [0.15, 0.2) is 0 Å². The highest BCUT2D eigenvalue weighted by Crippen LogP contribution is 2.10. The Morgan fingerprint density at radius 2 is 2.05 bits per heavy atom. The molecular formula is C15H11F2N3O. The number of amides is 1. The molecule has 0 aliphatic rings. The van der Waals surface area contributed by atoms with Crippen molar-refractivity contribution in [1.29, 1.82) is 0 Å². The molecule has 0 saturated carbocycles. The number of hydrogen-bond acceptors (Lipinski definition) is 2. The zero-order chi connectivity index (χ0) is 14.8. The molecule has 0 radical (unpaired) electrons. The van der Waals surface area contributed by atoms with Gasteiger partial charge in [-0.05, 0) is 30.3 Å². The zero-order valence-electron chi connectivity index (χ0n) is 10.9. The third kappa shape index (κ3) is 2.74. The van der Waals surface area contributed by atoms with Crippen LogP contribution in [0, 0.1) is 11.6 Å². The van der Waals surface area contributed by atoms with Gasteiger partial charge in [-0.15, -0.1) is 0 Å². The SMILES string of the molecule is O=C(NCc1cc2ccccn2n1)c1ccc(F)cc1F. The van der Waals surface area contributed by atoms with E-state index >= 15 is 0 Å². The number of hydrogen-bond donors (Lipinski definition) is 1. The molecule has 3 aromatic rings. The molecule has 2 aromatic heterocycles. The number of benzene rings is 1. The molecule has 0 bridgehead atoms. The average molecular weight is 287 g/mol. The Bertz CT molecular complexity index is 781. The largest absolute Gasteiger partial charge is 0.346 e. The molecular weight excluding hydrogens is 276 g/mol. The number of fused-ring (bicyclic) bond motifs is 1. The fourth-order valence-corrected chi connectivity index (χ4v) is 2.02. The van der Waals surface area contributed by atoms with Gasteiger partial charge in [-0.25, -0.2) is 13.3 Å². The minimum Gasteiger partial charge on any atom is -0.346 e. The minimum absolute atomic E-state index is 0.164. The number of rotatable bonds is 3. The molecule has 106 valence electrons. The fraction of sp³-hybridized carbons (Fsp3) is 0.0667. The number of aromatic nitrogens is 2. The molecule has 3 rings (SSSR count). The summed E-state index contributed by atoms with van der Waals surface area (Å²) in [6, 6.07) is 10.3. The second kappa shape index (κ2) is 5.32. The van der Waals surface area contributed by atoms with Gasteiger partial charge >= 0.3 is 0 Å². The number of halogens is 2. The van der Waals surface area contributed by atoms with E-state index in [1.165, 1.54) is 0 Å². The van der Waals surface area contributed by atoms with Gasteiger partial charge in [0.05, 0.1) is 23.3 Å². The molecule has 0 spiro atoms. The predicted molar refractivity (Wildman–Crippen MR) is 72.7 cm³/mol. The van der Waals surface area contributed by atoms with Crippen LogP contribution in [0.4, 0.5) is 8.78 Å².